The second-order valence-corrected chi connectivity index (χ2v) is 1.58. The first-order valence-electron chi connectivity index (χ1n) is 2.04. The molecule has 0 aliphatic rings. The molecule has 0 fully saturated rings. The van der Waals surface area contributed by atoms with E-state index in [1.54, 1.807) is 0 Å². The molecule has 52 valence electrons. The zero-order valence-corrected chi connectivity index (χ0v) is 5.47. The molecule has 0 saturated carbocycles. The van der Waals surface area contributed by atoms with Crippen molar-refractivity contribution in [3.05, 3.63) is 0 Å². The minimum Gasteiger partial charge on any atom is -0.172 e. The molecule has 4 heteroatoms. The highest BCUT2D eigenvalue weighted by atomic mass is 35.5. The molecule has 0 N–H and O–H groups in total. The van der Waals surface area contributed by atoms with Gasteiger partial charge in [-0.1, -0.05) is 6.92 Å². The lowest BCUT2D eigenvalue weighted by atomic mass is 10.8. The molecule has 0 aliphatic carbocycles. The van der Waals surface area contributed by atoms with Gasteiger partial charge in [0.25, 0.3) is 0 Å². The minimum atomic E-state index is -4.00. The predicted octanol–water partition coefficient (Wildman–Crippen LogP) is 2.81. The van der Waals surface area contributed by atoms with Crippen LogP contribution in [0.2, 0.25) is 0 Å². The van der Waals surface area contributed by atoms with E-state index in [4.69, 9.17) is 11.6 Å². The lowest BCUT2D eigenvalue weighted by molar-refractivity contribution is -0.110. The molecule has 8 heavy (non-hydrogen) atoms. The van der Waals surface area contributed by atoms with Crippen LogP contribution in [-0.2, 0) is 0 Å². The summed E-state index contributed by atoms with van der Waals surface area (Å²) in [7, 11) is 0. The molecule has 0 saturated heterocycles. The van der Waals surface area contributed by atoms with Crippen LogP contribution in [0.5, 0.6) is 0 Å². The SMILES string of the molecule is CC(F)(F)F.CCCl. The lowest BCUT2D eigenvalue weighted by Crippen LogP contribution is -1.95. The standard InChI is InChI=1S/C2H5Cl.C2H3F3/c1-2-3;1-2(3,4)5/h2H2,1H3;1H3. The zero-order chi connectivity index (χ0) is 7.21. The third-order valence-electron chi connectivity index (χ3n) is 0. The van der Waals surface area contributed by atoms with E-state index in [-0.39, 0.29) is 6.92 Å². The Morgan fingerprint density at radius 2 is 1.38 bits per heavy atom. The molecule has 0 spiro atoms. The monoisotopic (exact) mass is 148 g/mol. The maximum absolute atomic E-state index is 10.4. The van der Waals surface area contributed by atoms with Gasteiger partial charge >= 0.3 is 6.18 Å². The second kappa shape index (κ2) is 5.22. The normalized spacial score (nSPS) is 9.75. The molecule has 0 aliphatic heterocycles. The third-order valence-corrected chi connectivity index (χ3v) is 0. The number of alkyl halides is 4. The number of hydrogen-bond acceptors (Lipinski definition) is 0. The van der Waals surface area contributed by atoms with E-state index >= 15 is 0 Å². The van der Waals surface area contributed by atoms with Crippen molar-refractivity contribution in [3.63, 3.8) is 0 Å². The summed E-state index contributed by atoms with van der Waals surface area (Å²) in [5, 5.41) is 0. The van der Waals surface area contributed by atoms with Crippen LogP contribution in [0.3, 0.4) is 0 Å². The summed E-state index contributed by atoms with van der Waals surface area (Å²) in [6.45, 7) is 2.08. The summed E-state index contributed by atoms with van der Waals surface area (Å²) in [5.41, 5.74) is 0. The predicted molar refractivity (Wildman–Crippen MR) is 28.1 cm³/mol. The number of hydrogen-bond donors (Lipinski definition) is 0. The van der Waals surface area contributed by atoms with Gasteiger partial charge in [0.2, 0.25) is 0 Å². The van der Waals surface area contributed by atoms with Crippen molar-refractivity contribution < 1.29 is 13.2 Å². The Balaban J connectivity index is 0. The summed E-state index contributed by atoms with van der Waals surface area (Å²) in [6, 6.07) is 0. The molecule has 0 nitrogen and oxygen atoms in total. The highest BCUT2D eigenvalue weighted by Gasteiger charge is 2.15. The Bertz CT molecular complexity index is 35.0. The quantitative estimate of drug-likeness (QED) is 0.464. The van der Waals surface area contributed by atoms with Crippen molar-refractivity contribution in [1.29, 1.82) is 0 Å². The van der Waals surface area contributed by atoms with Gasteiger partial charge in [-0.25, -0.2) is 0 Å². The van der Waals surface area contributed by atoms with Crippen molar-refractivity contribution in [3.8, 4) is 0 Å². The summed E-state index contributed by atoms with van der Waals surface area (Å²) >= 11 is 5.00. The van der Waals surface area contributed by atoms with Crippen molar-refractivity contribution in [2.45, 2.75) is 20.0 Å². The molecule has 0 aromatic carbocycles. The van der Waals surface area contributed by atoms with Crippen molar-refractivity contribution in [2.75, 3.05) is 5.88 Å². The van der Waals surface area contributed by atoms with E-state index in [1.807, 2.05) is 6.92 Å². The number of halogens is 4. The Morgan fingerprint density at radius 1 is 1.38 bits per heavy atom. The van der Waals surface area contributed by atoms with Crippen LogP contribution >= 0.6 is 11.6 Å². The Labute approximate surface area is 51.6 Å². The smallest absolute Gasteiger partial charge is 0.172 e. The first-order valence-corrected chi connectivity index (χ1v) is 2.58. The molecule has 0 rings (SSSR count). The van der Waals surface area contributed by atoms with Crippen LogP contribution in [0, 0.1) is 0 Å². The Hall–Kier alpha value is 0.0800. The molecule has 0 heterocycles. The van der Waals surface area contributed by atoms with E-state index in [9.17, 15) is 13.2 Å². The van der Waals surface area contributed by atoms with Gasteiger partial charge in [0, 0.05) is 12.8 Å². The van der Waals surface area contributed by atoms with E-state index < -0.39 is 6.18 Å². The van der Waals surface area contributed by atoms with Crippen LogP contribution in [0.25, 0.3) is 0 Å². The second-order valence-electron chi connectivity index (χ2n) is 1.05. The molecule has 0 radical (unpaired) electrons. The van der Waals surface area contributed by atoms with Gasteiger partial charge in [0.1, 0.15) is 0 Å². The van der Waals surface area contributed by atoms with Gasteiger partial charge in [0.05, 0.1) is 0 Å². The van der Waals surface area contributed by atoms with E-state index in [0.29, 0.717) is 0 Å². The fraction of sp³-hybridized carbons (Fsp3) is 1.00. The van der Waals surface area contributed by atoms with Gasteiger partial charge in [-0.15, -0.1) is 11.6 Å². The van der Waals surface area contributed by atoms with Crippen molar-refractivity contribution >= 4 is 11.6 Å². The van der Waals surface area contributed by atoms with Crippen LogP contribution in [0.15, 0.2) is 0 Å². The fourth-order valence-corrected chi connectivity index (χ4v) is 0. The highest BCUT2D eigenvalue weighted by molar-refractivity contribution is 6.17. The van der Waals surface area contributed by atoms with Gasteiger partial charge in [0.15, 0.2) is 0 Å². The van der Waals surface area contributed by atoms with Crippen LogP contribution in [-0.4, -0.2) is 12.1 Å². The van der Waals surface area contributed by atoms with Gasteiger partial charge in [-0.05, 0) is 0 Å². The summed E-state index contributed by atoms with van der Waals surface area (Å²) in [4.78, 5) is 0. The molecule has 0 amide bonds. The van der Waals surface area contributed by atoms with Gasteiger partial charge in [-0.2, -0.15) is 13.2 Å². The molecule has 0 aromatic rings. The molecular formula is C4H8ClF3. The lowest BCUT2D eigenvalue weighted by Gasteiger charge is -1.88. The van der Waals surface area contributed by atoms with Gasteiger partial charge < -0.3 is 0 Å². The Kier molecular flexibility index (Phi) is 7.15. The molecule has 0 aromatic heterocycles. The van der Waals surface area contributed by atoms with E-state index in [1.165, 1.54) is 0 Å². The first kappa shape index (κ1) is 11.0. The zero-order valence-electron chi connectivity index (χ0n) is 4.72. The van der Waals surface area contributed by atoms with E-state index in [0.717, 1.165) is 5.88 Å². The topological polar surface area (TPSA) is 0 Å². The highest BCUT2D eigenvalue weighted by Crippen LogP contribution is 2.10. The Morgan fingerprint density at radius 3 is 1.38 bits per heavy atom. The average Bonchev–Trinajstić information content (AvgIpc) is 1.27. The molecule has 0 atom stereocenters. The third kappa shape index (κ3) is 24500. The maximum atomic E-state index is 10.4. The maximum Gasteiger partial charge on any atom is 0.386 e. The molecule has 0 bridgehead atoms. The summed E-state index contributed by atoms with van der Waals surface area (Å²) in [5.74, 6) is 0.722. The molecular weight excluding hydrogens is 140 g/mol. The minimum absolute atomic E-state index is 0.188. The first-order chi connectivity index (χ1) is 3.41. The van der Waals surface area contributed by atoms with Gasteiger partial charge in [-0.3, -0.25) is 0 Å². The fourth-order valence-electron chi connectivity index (χ4n) is 0. The number of rotatable bonds is 0. The van der Waals surface area contributed by atoms with Crippen LogP contribution in [0.1, 0.15) is 13.8 Å². The van der Waals surface area contributed by atoms with Crippen LogP contribution in [0.4, 0.5) is 13.2 Å². The van der Waals surface area contributed by atoms with E-state index in [2.05, 4.69) is 0 Å². The largest absolute Gasteiger partial charge is 0.386 e. The summed E-state index contributed by atoms with van der Waals surface area (Å²) < 4.78 is 31.1. The molecule has 0 unspecified atom stereocenters. The van der Waals surface area contributed by atoms with Crippen molar-refractivity contribution in [1.82, 2.24) is 0 Å². The average molecular weight is 149 g/mol. The van der Waals surface area contributed by atoms with Crippen molar-refractivity contribution in [2.24, 2.45) is 0 Å². The summed E-state index contributed by atoms with van der Waals surface area (Å²) in [6.07, 6.45) is -4.00. The van der Waals surface area contributed by atoms with Crippen LogP contribution < -0.4 is 0 Å².